The van der Waals surface area contributed by atoms with Gasteiger partial charge in [0.1, 0.15) is 0 Å². The Labute approximate surface area is 123 Å². The van der Waals surface area contributed by atoms with Crippen molar-refractivity contribution in [2.24, 2.45) is 0 Å². The maximum Gasteiger partial charge on any atom is 0.272 e. The number of methoxy groups -OCH3 is 1. The third kappa shape index (κ3) is 4.03. The van der Waals surface area contributed by atoms with E-state index in [1.807, 2.05) is 18.2 Å². The van der Waals surface area contributed by atoms with Crippen LogP contribution in [0, 0.1) is 17.0 Å². The van der Waals surface area contributed by atoms with Crippen molar-refractivity contribution in [3.8, 4) is 0 Å². The SMILES string of the molecule is COCc1cccc(CNc2ccc([N+](=O)[O-])c(C)c2)c1. The van der Waals surface area contributed by atoms with Gasteiger partial charge in [0.05, 0.1) is 11.5 Å². The largest absolute Gasteiger partial charge is 0.381 e. The van der Waals surface area contributed by atoms with Crippen LogP contribution in [0.5, 0.6) is 0 Å². The maximum absolute atomic E-state index is 10.8. The van der Waals surface area contributed by atoms with Crippen molar-refractivity contribution >= 4 is 11.4 Å². The summed E-state index contributed by atoms with van der Waals surface area (Å²) in [5, 5.41) is 14.1. The smallest absolute Gasteiger partial charge is 0.272 e. The predicted octanol–water partition coefficient (Wildman–Crippen LogP) is 3.66. The predicted molar refractivity (Wildman–Crippen MR) is 82.3 cm³/mol. The highest BCUT2D eigenvalue weighted by molar-refractivity contribution is 5.53. The zero-order chi connectivity index (χ0) is 15.2. The molecule has 0 aromatic heterocycles. The summed E-state index contributed by atoms with van der Waals surface area (Å²) in [5.74, 6) is 0. The minimum absolute atomic E-state index is 0.141. The van der Waals surface area contributed by atoms with Gasteiger partial charge in [-0.2, -0.15) is 0 Å². The first-order valence-electron chi connectivity index (χ1n) is 6.66. The second-order valence-electron chi connectivity index (χ2n) is 4.86. The summed E-state index contributed by atoms with van der Waals surface area (Å²) in [6.45, 7) is 2.99. The van der Waals surface area contributed by atoms with Crippen molar-refractivity contribution in [2.45, 2.75) is 20.1 Å². The maximum atomic E-state index is 10.8. The Kier molecular flexibility index (Phi) is 4.90. The topological polar surface area (TPSA) is 64.4 Å². The first-order valence-corrected chi connectivity index (χ1v) is 6.66. The number of nitro benzene ring substituents is 1. The molecule has 0 saturated carbocycles. The quantitative estimate of drug-likeness (QED) is 0.650. The summed E-state index contributed by atoms with van der Waals surface area (Å²) in [7, 11) is 1.67. The number of nitrogens with one attached hydrogen (secondary N) is 1. The molecule has 0 atom stereocenters. The number of hydrogen-bond acceptors (Lipinski definition) is 4. The molecule has 0 unspecified atom stereocenters. The van der Waals surface area contributed by atoms with Crippen molar-refractivity contribution in [3.63, 3.8) is 0 Å². The van der Waals surface area contributed by atoms with E-state index >= 15 is 0 Å². The first-order chi connectivity index (χ1) is 10.1. The van der Waals surface area contributed by atoms with E-state index in [-0.39, 0.29) is 10.6 Å². The summed E-state index contributed by atoms with van der Waals surface area (Å²) in [5.41, 5.74) is 3.92. The van der Waals surface area contributed by atoms with E-state index in [0.717, 1.165) is 16.8 Å². The van der Waals surface area contributed by atoms with Gasteiger partial charge < -0.3 is 10.1 Å². The lowest BCUT2D eigenvalue weighted by molar-refractivity contribution is -0.385. The fraction of sp³-hybridized carbons (Fsp3) is 0.250. The number of aryl methyl sites for hydroxylation is 1. The highest BCUT2D eigenvalue weighted by Crippen LogP contribution is 2.22. The average molecular weight is 286 g/mol. The molecule has 0 saturated heterocycles. The lowest BCUT2D eigenvalue weighted by Crippen LogP contribution is -2.01. The highest BCUT2D eigenvalue weighted by atomic mass is 16.6. The minimum atomic E-state index is -0.368. The van der Waals surface area contributed by atoms with Gasteiger partial charge in [-0.05, 0) is 30.2 Å². The molecule has 0 aliphatic rings. The summed E-state index contributed by atoms with van der Waals surface area (Å²) in [4.78, 5) is 10.4. The van der Waals surface area contributed by atoms with Crippen LogP contribution in [0.3, 0.4) is 0 Å². The second kappa shape index (κ2) is 6.85. The Morgan fingerprint density at radius 2 is 1.95 bits per heavy atom. The van der Waals surface area contributed by atoms with Crippen LogP contribution in [-0.4, -0.2) is 12.0 Å². The first kappa shape index (κ1) is 15.0. The fourth-order valence-corrected chi connectivity index (χ4v) is 2.17. The van der Waals surface area contributed by atoms with Gasteiger partial charge in [0.25, 0.3) is 5.69 Å². The molecular formula is C16H18N2O3. The van der Waals surface area contributed by atoms with E-state index in [9.17, 15) is 10.1 Å². The molecular weight excluding hydrogens is 268 g/mol. The van der Waals surface area contributed by atoms with Crippen LogP contribution in [0.4, 0.5) is 11.4 Å². The fourth-order valence-electron chi connectivity index (χ4n) is 2.17. The van der Waals surface area contributed by atoms with Crippen molar-refractivity contribution in [1.82, 2.24) is 0 Å². The van der Waals surface area contributed by atoms with Crippen LogP contribution in [0.15, 0.2) is 42.5 Å². The molecule has 0 spiro atoms. The molecule has 1 N–H and O–H groups in total. The van der Waals surface area contributed by atoms with E-state index in [1.54, 1.807) is 26.2 Å². The van der Waals surface area contributed by atoms with Gasteiger partial charge in [-0.3, -0.25) is 10.1 Å². The van der Waals surface area contributed by atoms with Crippen LogP contribution >= 0.6 is 0 Å². The number of benzene rings is 2. The third-order valence-corrected chi connectivity index (χ3v) is 3.19. The van der Waals surface area contributed by atoms with Crippen LogP contribution in [0.1, 0.15) is 16.7 Å². The van der Waals surface area contributed by atoms with Gasteiger partial charge in [-0.1, -0.05) is 24.3 Å². The third-order valence-electron chi connectivity index (χ3n) is 3.19. The van der Waals surface area contributed by atoms with E-state index in [1.165, 1.54) is 6.07 Å². The molecule has 0 bridgehead atoms. The molecule has 0 radical (unpaired) electrons. The lowest BCUT2D eigenvalue weighted by atomic mass is 10.1. The summed E-state index contributed by atoms with van der Waals surface area (Å²) < 4.78 is 5.11. The normalized spacial score (nSPS) is 10.4. The number of hydrogen-bond donors (Lipinski definition) is 1. The van der Waals surface area contributed by atoms with Gasteiger partial charge in [-0.15, -0.1) is 0 Å². The standard InChI is InChI=1S/C16H18N2O3/c1-12-8-15(6-7-16(12)18(19)20)17-10-13-4-3-5-14(9-13)11-21-2/h3-9,17H,10-11H2,1-2H3. The molecule has 0 heterocycles. The highest BCUT2D eigenvalue weighted by Gasteiger charge is 2.09. The molecule has 2 rings (SSSR count). The van der Waals surface area contributed by atoms with E-state index in [0.29, 0.717) is 18.7 Å². The molecule has 5 nitrogen and oxygen atoms in total. The molecule has 110 valence electrons. The number of nitro groups is 1. The molecule has 2 aromatic carbocycles. The summed E-state index contributed by atoms with van der Waals surface area (Å²) in [6, 6.07) is 13.2. The molecule has 0 amide bonds. The molecule has 0 fully saturated rings. The van der Waals surface area contributed by atoms with Crippen LogP contribution in [0.25, 0.3) is 0 Å². The van der Waals surface area contributed by atoms with Gasteiger partial charge in [-0.25, -0.2) is 0 Å². The van der Waals surface area contributed by atoms with Crippen molar-refractivity contribution in [1.29, 1.82) is 0 Å². The van der Waals surface area contributed by atoms with Crippen LogP contribution in [-0.2, 0) is 17.9 Å². The Morgan fingerprint density at radius 3 is 2.62 bits per heavy atom. The molecule has 2 aromatic rings. The number of nitrogens with zero attached hydrogens (tertiary/aromatic N) is 1. The van der Waals surface area contributed by atoms with Gasteiger partial charge in [0.2, 0.25) is 0 Å². The lowest BCUT2D eigenvalue weighted by Gasteiger charge is -2.09. The Hall–Kier alpha value is -2.40. The average Bonchev–Trinajstić information content (AvgIpc) is 2.45. The van der Waals surface area contributed by atoms with E-state index in [4.69, 9.17) is 4.74 Å². The van der Waals surface area contributed by atoms with Gasteiger partial charge in [0.15, 0.2) is 0 Å². The van der Waals surface area contributed by atoms with E-state index < -0.39 is 0 Å². The second-order valence-corrected chi connectivity index (χ2v) is 4.86. The van der Waals surface area contributed by atoms with Crippen LogP contribution in [0.2, 0.25) is 0 Å². The molecule has 0 aliphatic carbocycles. The molecule has 5 heteroatoms. The molecule has 21 heavy (non-hydrogen) atoms. The zero-order valence-corrected chi connectivity index (χ0v) is 12.1. The molecule has 0 aliphatic heterocycles. The van der Waals surface area contributed by atoms with Crippen molar-refractivity contribution in [2.75, 3.05) is 12.4 Å². The number of ether oxygens (including phenoxy) is 1. The van der Waals surface area contributed by atoms with Crippen molar-refractivity contribution in [3.05, 3.63) is 69.3 Å². The Morgan fingerprint density at radius 1 is 1.19 bits per heavy atom. The minimum Gasteiger partial charge on any atom is -0.381 e. The van der Waals surface area contributed by atoms with Gasteiger partial charge >= 0.3 is 0 Å². The zero-order valence-electron chi connectivity index (χ0n) is 12.1. The number of rotatable bonds is 6. The summed E-state index contributed by atoms with van der Waals surface area (Å²) in [6.07, 6.45) is 0. The number of anilines is 1. The monoisotopic (exact) mass is 286 g/mol. The van der Waals surface area contributed by atoms with Gasteiger partial charge in [0, 0.05) is 31.0 Å². The van der Waals surface area contributed by atoms with Crippen LogP contribution < -0.4 is 5.32 Å². The summed E-state index contributed by atoms with van der Waals surface area (Å²) >= 11 is 0. The Balaban J connectivity index is 2.04. The van der Waals surface area contributed by atoms with E-state index in [2.05, 4.69) is 11.4 Å². The van der Waals surface area contributed by atoms with Crippen molar-refractivity contribution < 1.29 is 9.66 Å². The Bertz CT molecular complexity index is 641.